The van der Waals surface area contributed by atoms with Gasteiger partial charge in [-0.2, -0.15) is 0 Å². The zero-order chi connectivity index (χ0) is 4.41. The molecule has 0 nitrogen and oxygen atoms in total. The van der Waals surface area contributed by atoms with Crippen LogP contribution in [0.2, 0.25) is 0 Å². The van der Waals surface area contributed by atoms with Crippen LogP contribution in [0.5, 0.6) is 0 Å². The molecular weight excluding hydrogens is 146 g/mol. The van der Waals surface area contributed by atoms with E-state index < -0.39 is 0 Å². The van der Waals surface area contributed by atoms with Gasteiger partial charge < -0.3 is 0 Å². The molecule has 0 saturated carbocycles. The predicted molar refractivity (Wildman–Crippen MR) is 35.3 cm³/mol. The third-order valence-electron chi connectivity index (χ3n) is 0.663. The van der Waals surface area contributed by atoms with Crippen molar-refractivity contribution in [3.63, 3.8) is 0 Å². The molecule has 0 spiro atoms. The van der Waals surface area contributed by atoms with Gasteiger partial charge in [0.2, 0.25) is 0 Å². The number of hydrogen-bond donors (Lipinski definition) is 0. The molecule has 7 heavy (non-hydrogen) atoms. The van der Waals surface area contributed by atoms with E-state index in [0.717, 1.165) is 0 Å². The van der Waals surface area contributed by atoms with Gasteiger partial charge >= 0.3 is 61.8 Å². The van der Waals surface area contributed by atoms with Gasteiger partial charge in [-0.15, -0.1) is 0 Å². The molecule has 0 amide bonds. The van der Waals surface area contributed by atoms with Crippen molar-refractivity contribution < 1.29 is 0 Å². The standard InChI is InChI=1S/C5H6Se.Li.H/c1-5-3-2-4-6-5;;/h2-4H,1H3;;. The monoisotopic (exact) mass is 154 g/mol. The van der Waals surface area contributed by atoms with E-state index in [1.54, 1.807) is 0 Å². The summed E-state index contributed by atoms with van der Waals surface area (Å²) < 4.78 is 1.53. The van der Waals surface area contributed by atoms with Crippen LogP contribution in [0.15, 0.2) is 17.1 Å². The van der Waals surface area contributed by atoms with E-state index in [-0.39, 0.29) is 18.9 Å². The summed E-state index contributed by atoms with van der Waals surface area (Å²) in [6.07, 6.45) is 0. The van der Waals surface area contributed by atoms with Crippen molar-refractivity contribution in [2.24, 2.45) is 0 Å². The molecule has 0 aliphatic heterocycles. The summed E-state index contributed by atoms with van der Waals surface area (Å²) >= 11 is 0.708. The fourth-order valence-electron chi connectivity index (χ4n) is 0.361. The number of aryl methyl sites for hydroxylation is 1. The van der Waals surface area contributed by atoms with Crippen LogP contribution >= 0.6 is 0 Å². The van der Waals surface area contributed by atoms with Gasteiger partial charge in [0.15, 0.2) is 0 Å². The molecule has 1 rings (SSSR count). The van der Waals surface area contributed by atoms with E-state index in [1.165, 1.54) is 4.44 Å². The first-order chi connectivity index (χ1) is 2.89. The molecule has 0 N–H and O–H groups in total. The maximum absolute atomic E-state index is 2.22. The van der Waals surface area contributed by atoms with Crippen LogP contribution in [0, 0.1) is 6.92 Å². The third-order valence-corrected chi connectivity index (χ3v) is 2.34. The van der Waals surface area contributed by atoms with Crippen LogP contribution in [0.3, 0.4) is 0 Å². The average molecular weight is 153 g/mol. The molecule has 1 aromatic rings. The molecule has 0 fully saturated rings. The maximum atomic E-state index is 2.22. The second-order valence-corrected chi connectivity index (χ2v) is 3.64. The molecule has 0 atom stereocenters. The topological polar surface area (TPSA) is 0 Å². The van der Waals surface area contributed by atoms with Crippen molar-refractivity contribution in [3.8, 4) is 0 Å². The van der Waals surface area contributed by atoms with Gasteiger partial charge in [0, 0.05) is 0 Å². The van der Waals surface area contributed by atoms with Crippen LogP contribution in [0.4, 0.5) is 0 Å². The normalized spacial score (nSPS) is 7.57. The summed E-state index contributed by atoms with van der Waals surface area (Å²) in [4.78, 5) is 2.22. The Balaban J connectivity index is 0.000000360. The first kappa shape index (κ1) is 7.60. The molecule has 1 heterocycles. The summed E-state index contributed by atoms with van der Waals surface area (Å²) in [6.45, 7) is 2.17. The fourth-order valence-corrected chi connectivity index (χ4v) is 1.47. The summed E-state index contributed by atoms with van der Waals surface area (Å²) in [6, 6.07) is 4.29. The SMILES string of the molecule is Cc1ccc[se]1.[LiH]. The predicted octanol–water partition coefficient (Wildman–Crippen LogP) is 0.404. The fraction of sp³-hybridized carbons (Fsp3) is 0.200. The van der Waals surface area contributed by atoms with Crippen molar-refractivity contribution in [2.75, 3.05) is 0 Å². The zero-order valence-electron chi connectivity index (χ0n) is 3.64. The van der Waals surface area contributed by atoms with E-state index in [1.807, 2.05) is 0 Å². The van der Waals surface area contributed by atoms with E-state index >= 15 is 0 Å². The second kappa shape index (κ2) is 3.58. The average Bonchev–Trinajstić information content (AvgIpc) is 1.86. The van der Waals surface area contributed by atoms with Crippen molar-refractivity contribution in [3.05, 3.63) is 21.5 Å². The minimum absolute atomic E-state index is 0. The van der Waals surface area contributed by atoms with E-state index in [9.17, 15) is 0 Å². The number of rotatable bonds is 0. The van der Waals surface area contributed by atoms with Crippen LogP contribution in [-0.2, 0) is 0 Å². The Kier molecular flexibility index (Phi) is 3.89. The van der Waals surface area contributed by atoms with Crippen molar-refractivity contribution in [2.45, 2.75) is 6.92 Å². The summed E-state index contributed by atoms with van der Waals surface area (Å²) in [5, 5.41) is 0. The van der Waals surface area contributed by atoms with Gasteiger partial charge in [-0.1, -0.05) is 0 Å². The first-order valence-electron chi connectivity index (χ1n) is 1.90. The second-order valence-electron chi connectivity index (χ2n) is 1.22. The van der Waals surface area contributed by atoms with E-state index in [2.05, 4.69) is 24.0 Å². The Morgan fingerprint density at radius 3 is 2.43 bits per heavy atom. The van der Waals surface area contributed by atoms with Crippen molar-refractivity contribution >= 4 is 33.4 Å². The molecule has 2 heteroatoms. The molecular formula is C5H7LiSe. The van der Waals surface area contributed by atoms with Crippen LogP contribution in [0.1, 0.15) is 4.44 Å². The summed E-state index contributed by atoms with van der Waals surface area (Å²) in [7, 11) is 0. The van der Waals surface area contributed by atoms with E-state index in [4.69, 9.17) is 0 Å². The molecule has 0 aliphatic rings. The molecule has 0 aromatic carbocycles. The summed E-state index contributed by atoms with van der Waals surface area (Å²) in [5.74, 6) is 0. The molecule has 0 bridgehead atoms. The molecule has 0 saturated heterocycles. The van der Waals surface area contributed by atoms with Gasteiger partial charge in [-0.25, -0.2) is 0 Å². The zero-order valence-corrected chi connectivity index (χ0v) is 5.35. The molecule has 1 aromatic heterocycles. The Morgan fingerprint density at radius 1 is 1.57 bits per heavy atom. The Hall–Kier alpha value is 0.597. The quantitative estimate of drug-likeness (QED) is 0.473. The molecule has 0 unspecified atom stereocenters. The van der Waals surface area contributed by atoms with Gasteiger partial charge in [-0.3, -0.25) is 0 Å². The molecule has 34 valence electrons. The van der Waals surface area contributed by atoms with Gasteiger partial charge in [-0.05, 0) is 0 Å². The van der Waals surface area contributed by atoms with Crippen molar-refractivity contribution in [1.82, 2.24) is 0 Å². The Morgan fingerprint density at radius 2 is 2.29 bits per heavy atom. The first-order valence-corrected chi connectivity index (χ1v) is 3.74. The number of hydrogen-bond acceptors (Lipinski definition) is 0. The minimum atomic E-state index is 0. The Bertz CT molecular complexity index is 112. The van der Waals surface area contributed by atoms with E-state index in [0.29, 0.717) is 14.5 Å². The van der Waals surface area contributed by atoms with Crippen LogP contribution in [-0.4, -0.2) is 33.4 Å². The van der Waals surface area contributed by atoms with Crippen LogP contribution in [0.25, 0.3) is 0 Å². The molecule has 0 aliphatic carbocycles. The third kappa shape index (κ3) is 2.42. The van der Waals surface area contributed by atoms with Gasteiger partial charge in [0.25, 0.3) is 0 Å². The van der Waals surface area contributed by atoms with Crippen LogP contribution < -0.4 is 0 Å². The Labute approximate surface area is 61.9 Å². The van der Waals surface area contributed by atoms with Gasteiger partial charge in [0.05, 0.1) is 0 Å². The van der Waals surface area contributed by atoms with Gasteiger partial charge in [0.1, 0.15) is 0 Å². The summed E-state index contributed by atoms with van der Waals surface area (Å²) in [5.41, 5.74) is 0. The van der Waals surface area contributed by atoms with Crippen molar-refractivity contribution in [1.29, 1.82) is 0 Å². The molecule has 0 radical (unpaired) electrons.